The van der Waals surface area contributed by atoms with Gasteiger partial charge in [0.1, 0.15) is 0 Å². The van der Waals surface area contributed by atoms with Crippen molar-refractivity contribution in [2.75, 3.05) is 18.1 Å². The fourth-order valence-electron chi connectivity index (χ4n) is 2.97. The normalized spacial score (nSPS) is 15.5. The van der Waals surface area contributed by atoms with E-state index in [0.29, 0.717) is 40.2 Å². The number of H-pyrrole nitrogens is 1. The van der Waals surface area contributed by atoms with Gasteiger partial charge in [-0.3, -0.25) is 14.2 Å². The molecule has 2 aromatic rings. The average molecular weight is 364 g/mol. The molecule has 0 aliphatic carbocycles. The van der Waals surface area contributed by atoms with Crippen LogP contribution in [-0.4, -0.2) is 33.5 Å². The predicted molar refractivity (Wildman–Crippen MR) is 101 cm³/mol. The van der Waals surface area contributed by atoms with Gasteiger partial charge in [-0.05, 0) is 67.6 Å². The van der Waals surface area contributed by atoms with Gasteiger partial charge in [-0.15, -0.1) is 0 Å². The second-order valence-electron chi connectivity index (χ2n) is 6.01. The van der Waals surface area contributed by atoms with E-state index < -0.39 is 0 Å². The summed E-state index contributed by atoms with van der Waals surface area (Å²) >= 11 is 7.19. The zero-order valence-corrected chi connectivity index (χ0v) is 15.3. The Morgan fingerprint density at radius 1 is 1.42 bits per heavy atom. The van der Waals surface area contributed by atoms with Gasteiger partial charge in [0, 0.05) is 18.7 Å². The first kappa shape index (κ1) is 17.2. The summed E-state index contributed by atoms with van der Waals surface area (Å²) < 4.78 is 1.89. The van der Waals surface area contributed by atoms with Gasteiger partial charge in [-0.1, -0.05) is 0 Å². The number of nitrogens with one attached hydrogen (secondary N) is 2. The number of nitrogens with zero attached hydrogens (tertiary/aromatic N) is 1. The number of rotatable bonds is 4. The van der Waals surface area contributed by atoms with Crippen molar-refractivity contribution in [2.45, 2.75) is 26.3 Å². The monoisotopic (exact) mass is 363 g/mol. The van der Waals surface area contributed by atoms with Gasteiger partial charge in [-0.25, -0.2) is 0 Å². The van der Waals surface area contributed by atoms with Crippen molar-refractivity contribution in [3.8, 4) is 0 Å². The van der Waals surface area contributed by atoms with E-state index in [9.17, 15) is 9.59 Å². The van der Waals surface area contributed by atoms with E-state index in [1.807, 2.05) is 18.7 Å². The predicted octanol–water partition coefficient (Wildman–Crippen LogP) is 2.95. The van der Waals surface area contributed by atoms with Crippen LogP contribution in [0, 0.1) is 10.7 Å². The highest BCUT2D eigenvalue weighted by Gasteiger charge is 2.15. The summed E-state index contributed by atoms with van der Waals surface area (Å²) in [5.41, 5.74) is 1.03. The molecule has 1 aromatic heterocycles. The molecule has 1 aromatic carbocycles. The summed E-state index contributed by atoms with van der Waals surface area (Å²) in [6.07, 6.45) is 2.32. The van der Waals surface area contributed by atoms with Gasteiger partial charge >= 0.3 is 0 Å². The Bertz CT molecular complexity index is 866. The van der Waals surface area contributed by atoms with E-state index >= 15 is 0 Å². The number of thioether (sulfide) groups is 1. The Balaban J connectivity index is 1.81. The smallest absolute Gasteiger partial charge is 0.262 e. The molecular formula is C17H21N3O2S2. The Labute approximate surface area is 149 Å². The Kier molecular flexibility index (Phi) is 5.40. The molecule has 0 atom stereocenters. The molecule has 1 aliphatic heterocycles. The Hall–Kier alpha value is -1.60. The van der Waals surface area contributed by atoms with Gasteiger partial charge < -0.3 is 10.3 Å². The molecule has 1 aliphatic rings. The van der Waals surface area contributed by atoms with E-state index in [1.54, 1.807) is 18.2 Å². The van der Waals surface area contributed by atoms with Crippen LogP contribution in [0.15, 0.2) is 23.0 Å². The first-order valence-electron chi connectivity index (χ1n) is 8.23. The molecule has 5 nitrogen and oxygen atoms in total. The van der Waals surface area contributed by atoms with E-state index in [4.69, 9.17) is 12.2 Å². The lowest BCUT2D eigenvalue weighted by Gasteiger charge is -2.21. The van der Waals surface area contributed by atoms with Gasteiger partial charge in [0.05, 0.1) is 10.9 Å². The molecular weight excluding hydrogens is 342 g/mol. The van der Waals surface area contributed by atoms with Crippen LogP contribution in [0.2, 0.25) is 0 Å². The minimum Gasteiger partial charge on any atom is -0.352 e. The van der Waals surface area contributed by atoms with E-state index in [0.717, 1.165) is 12.8 Å². The minimum absolute atomic E-state index is 0.103. The second-order valence-corrected chi connectivity index (χ2v) is 7.62. The third-order valence-electron chi connectivity index (χ3n) is 4.45. The molecule has 1 amide bonds. The van der Waals surface area contributed by atoms with Crippen LogP contribution in [0.4, 0.5) is 0 Å². The summed E-state index contributed by atoms with van der Waals surface area (Å²) in [4.78, 5) is 27.8. The van der Waals surface area contributed by atoms with Crippen LogP contribution in [-0.2, 0) is 6.54 Å². The number of benzene rings is 1. The van der Waals surface area contributed by atoms with Crippen LogP contribution in [0.3, 0.4) is 0 Å². The number of amides is 1. The fourth-order valence-corrected chi connectivity index (χ4v) is 4.50. The van der Waals surface area contributed by atoms with Crippen molar-refractivity contribution in [1.82, 2.24) is 14.9 Å². The molecule has 7 heteroatoms. The van der Waals surface area contributed by atoms with Crippen molar-refractivity contribution in [3.63, 3.8) is 0 Å². The van der Waals surface area contributed by atoms with Gasteiger partial charge in [0.15, 0.2) is 4.77 Å². The topological polar surface area (TPSA) is 66.9 Å². The summed E-state index contributed by atoms with van der Waals surface area (Å²) in [5.74, 6) is 2.82. The minimum atomic E-state index is -0.122. The summed E-state index contributed by atoms with van der Waals surface area (Å²) in [5, 5.41) is 3.56. The fraction of sp³-hybridized carbons (Fsp3) is 0.471. The standard InChI is InChI=1S/C17H21N3O2S2/c1-2-20-16(22)13-4-3-12(9-14(13)19-17(20)23)15(21)18-10-11-5-7-24-8-6-11/h3-4,9,11H,2,5-8,10H2,1H3,(H,18,21)(H,19,23). The third-order valence-corrected chi connectivity index (χ3v) is 5.82. The maximum atomic E-state index is 12.4. The lowest BCUT2D eigenvalue weighted by atomic mass is 10.0. The number of carbonyl (C=O) groups excluding carboxylic acids is 1. The van der Waals surface area contributed by atoms with Crippen LogP contribution in [0.25, 0.3) is 10.9 Å². The molecule has 128 valence electrons. The summed E-state index contributed by atoms with van der Waals surface area (Å²) in [6, 6.07) is 5.10. The largest absolute Gasteiger partial charge is 0.352 e. The summed E-state index contributed by atoms with van der Waals surface area (Å²) in [6.45, 7) is 3.11. The SMILES string of the molecule is CCn1c(=S)[nH]c2cc(C(=O)NCC3CCSCC3)ccc2c1=O. The molecule has 0 saturated carbocycles. The van der Waals surface area contributed by atoms with Crippen molar-refractivity contribution in [1.29, 1.82) is 0 Å². The van der Waals surface area contributed by atoms with E-state index in [1.165, 1.54) is 16.1 Å². The number of carbonyl (C=O) groups is 1. The van der Waals surface area contributed by atoms with E-state index in [2.05, 4.69) is 10.3 Å². The second kappa shape index (κ2) is 7.53. The number of fused-ring (bicyclic) bond motifs is 1. The molecule has 2 N–H and O–H groups in total. The zero-order valence-electron chi connectivity index (χ0n) is 13.6. The molecule has 0 bridgehead atoms. The maximum Gasteiger partial charge on any atom is 0.262 e. The van der Waals surface area contributed by atoms with Crippen LogP contribution < -0.4 is 10.9 Å². The molecule has 24 heavy (non-hydrogen) atoms. The van der Waals surface area contributed by atoms with Gasteiger partial charge in [0.25, 0.3) is 11.5 Å². The number of aromatic nitrogens is 2. The van der Waals surface area contributed by atoms with Gasteiger partial charge in [0.2, 0.25) is 0 Å². The number of hydrogen-bond donors (Lipinski definition) is 2. The highest BCUT2D eigenvalue weighted by Crippen LogP contribution is 2.22. The van der Waals surface area contributed by atoms with Crippen molar-refractivity contribution in [2.24, 2.45) is 5.92 Å². The molecule has 0 unspecified atom stereocenters. The maximum absolute atomic E-state index is 12.4. The van der Waals surface area contributed by atoms with Crippen LogP contribution in [0.1, 0.15) is 30.1 Å². The van der Waals surface area contributed by atoms with Crippen LogP contribution in [0.5, 0.6) is 0 Å². The summed E-state index contributed by atoms with van der Waals surface area (Å²) in [7, 11) is 0. The molecule has 1 fully saturated rings. The molecule has 1 saturated heterocycles. The number of aromatic amines is 1. The molecule has 2 heterocycles. The Morgan fingerprint density at radius 3 is 2.88 bits per heavy atom. The lowest BCUT2D eigenvalue weighted by Crippen LogP contribution is -2.31. The first-order chi connectivity index (χ1) is 11.6. The van der Waals surface area contributed by atoms with Gasteiger partial charge in [-0.2, -0.15) is 11.8 Å². The van der Waals surface area contributed by atoms with Crippen LogP contribution >= 0.6 is 24.0 Å². The van der Waals surface area contributed by atoms with E-state index in [-0.39, 0.29) is 11.5 Å². The van der Waals surface area contributed by atoms with Crippen molar-refractivity contribution >= 4 is 40.8 Å². The highest BCUT2D eigenvalue weighted by atomic mass is 32.2. The molecule has 0 radical (unpaired) electrons. The molecule has 3 rings (SSSR count). The average Bonchev–Trinajstić information content (AvgIpc) is 2.60. The Morgan fingerprint density at radius 2 is 2.17 bits per heavy atom. The first-order valence-corrected chi connectivity index (χ1v) is 9.79. The third kappa shape index (κ3) is 3.57. The zero-order chi connectivity index (χ0) is 17.1. The molecule has 0 spiro atoms. The highest BCUT2D eigenvalue weighted by molar-refractivity contribution is 7.99. The van der Waals surface area contributed by atoms with Crippen molar-refractivity contribution in [3.05, 3.63) is 38.9 Å². The number of hydrogen-bond acceptors (Lipinski definition) is 4. The quantitative estimate of drug-likeness (QED) is 0.820. The van der Waals surface area contributed by atoms with Crippen molar-refractivity contribution < 1.29 is 4.79 Å². The lowest BCUT2D eigenvalue weighted by molar-refractivity contribution is 0.0946.